The molecule has 0 saturated carbocycles. The summed E-state index contributed by atoms with van der Waals surface area (Å²) >= 11 is 0. The van der Waals surface area contributed by atoms with Crippen molar-refractivity contribution in [3.05, 3.63) is 75.8 Å². The number of methoxy groups -OCH3 is 1. The Hall–Kier alpha value is -2.73. The van der Waals surface area contributed by atoms with Gasteiger partial charge in [0.15, 0.2) is 0 Å². The smallest absolute Gasteiger partial charge is 0.269 e. The Kier molecular flexibility index (Phi) is 6.45. The van der Waals surface area contributed by atoms with Crippen molar-refractivity contribution >= 4 is 11.6 Å². The van der Waals surface area contributed by atoms with Gasteiger partial charge in [0.25, 0.3) is 5.69 Å². The Bertz CT molecular complexity index is 671. The number of benzene rings is 2. The molecule has 0 spiro atoms. The number of amides is 1. The quantitative estimate of drug-likeness (QED) is 0.552. The summed E-state index contributed by atoms with van der Waals surface area (Å²) in [6.45, 7) is 1.46. The fraction of sp³-hybridized carbons (Fsp3) is 0.278. The molecule has 0 aliphatic carbocycles. The van der Waals surface area contributed by atoms with E-state index in [1.807, 2.05) is 30.3 Å². The number of carbonyl (C=O) groups excluding carboxylic acids is 1. The van der Waals surface area contributed by atoms with E-state index in [0.29, 0.717) is 19.7 Å². The highest BCUT2D eigenvalue weighted by Crippen LogP contribution is 2.14. The summed E-state index contributed by atoms with van der Waals surface area (Å²) in [6.07, 6.45) is 0.203. The number of hydrogen-bond acceptors (Lipinski definition) is 4. The van der Waals surface area contributed by atoms with Crippen molar-refractivity contribution in [2.75, 3.05) is 20.3 Å². The molecule has 0 heterocycles. The molecular formula is C18H20N2O4. The van der Waals surface area contributed by atoms with Crippen LogP contribution in [0.5, 0.6) is 0 Å². The van der Waals surface area contributed by atoms with Crippen LogP contribution >= 0.6 is 0 Å². The van der Waals surface area contributed by atoms with Gasteiger partial charge in [0.2, 0.25) is 5.91 Å². The van der Waals surface area contributed by atoms with Gasteiger partial charge >= 0.3 is 0 Å². The molecule has 0 saturated heterocycles. The van der Waals surface area contributed by atoms with Crippen LogP contribution in [0, 0.1) is 10.1 Å². The van der Waals surface area contributed by atoms with Gasteiger partial charge in [-0.05, 0) is 11.1 Å². The van der Waals surface area contributed by atoms with Crippen LogP contribution in [-0.4, -0.2) is 36.0 Å². The first-order valence-electron chi connectivity index (χ1n) is 7.64. The molecule has 0 aliphatic rings. The van der Waals surface area contributed by atoms with Crippen LogP contribution in [0.1, 0.15) is 11.1 Å². The normalized spacial score (nSPS) is 10.4. The lowest BCUT2D eigenvalue weighted by Gasteiger charge is -2.22. The third kappa shape index (κ3) is 5.17. The molecule has 0 aliphatic heterocycles. The van der Waals surface area contributed by atoms with Gasteiger partial charge in [-0.15, -0.1) is 0 Å². The van der Waals surface area contributed by atoms with E-state index in [-0.39, 0.29) is 18.0 Å². The molecule has 0 aromatic heterocycles. The van der Waals surface area contributed by atoms with E-state index in [2.05, 4.69) is 0 Å². The maximum Gasteiger partial charge on any atom is 0.269 e. The first-order chi connectivity index (χ1) is 11.6. The lowest BCUT2D eigenvalue weighted by Crippen LogP contribution is -2.34. The highest BCUT2D eigenvalue weighted by Gasteiger charge is 2.15. The molecule has 6 nitrogen and oxygen atoms in total. The summed E-state index contributed by atoms with van der Waals surface area (Å²) in [5.41, 5.74) is 1.82. The zero-order valence-corrected chi connectivity index (χ0v) is 13.6. The van der Waals surface area contributed by atoms with E-state index in [1.54, 1.807) is 24.1 Å². The zero-order chi connectivity index (χ0) is 17.4. The highest BCUT2D eigenvalue weighted by atomic mass is 16.6. The summed E-state index contributed by atoms with van der Waals surface area (Å²) in [4.78, 5) is 24.5. The third-order valence-electron chi connectivity index (χ3n) is 3.64. The molecule has 0 N–H and O–H groups in total. The van der Waals surface area contributed by atoms with Gasteiger partial charge < -0.3 is 9.64 Å². The molecule has 2 aromatic rings. The number of rotatable bonds is 8. The number of nitrogens with zero attached hydrogens (tertiary/aromatic N) is 2. The third-order valence-corrected chi connectivity index (χ3v) is 3.64. The van der Waals surface area contributed by atoms with Gasteiger partial charge in [-0.2, -0.15) is 0 Å². The van der Waals surface area contributed by atoms with Crippen molar-refractivity contribution in [1.82, 2.24) is 4.90 Å². The Labute approximate surface area is 140 Å². The highest BCUT2D eigenvalue weighted by molar-refractivity contribution is 5.78. The Morgan fingerprint density at radius 2 is 1.75 bits per heavy atom. The second-order valence-electron chi connectivity index (χ2n) is 5.39. The minimum absolute atomic E-state index is 0.0201. The van der Waals surface area contributed by atoms with Crippen molar-refractivity contribution in [3.8, 4) is 0 Å². The molecule has 126 valence electrons. The van der Waals surface area contributed by atoms with E-state index in [1.165, 1.54) is 12.1 Å². The van der Waals surface area contributed by atoms with Crippen LogP contribution in [0.2, 0.25) is 0 Å². The number of non-ortho nitro benzene ring substituents is 1. The molecule has 1 amide bonds. The minimum Gasteiger partial charge on any atom is -0.383 e. The van der Waals surface area contributed by atoms with Crippen LogP contribution in [0.25, 0.3) is 0 Å². The summed E-state index contributed by atoms with van der Waals surface area (Å²) in [5, 5.41) is 10.7. The van der Waals surface area contributed by atoms with Gasteiger partial charge in [-0.1, -0.05) is 42.5 Å². The van der Waals surface area contributed by atoms with Gasteiger partial charge in [0.1, 0.15) is 0 Å². The molecule has 2 rings (SSSR count). The SMILES string of the molecule is COCCN(Cc1ccccc1)C(=O)Cc1ccc([N+](=O)[O-])cc1. The monoisotopic (exact) mass is 328 g/mol. The maximum absolute atomic E-state index is 12.6. The number of carbonyl (C=O) groups is 1. The predicted molar refractivity (Wildman–Crippen MR) is 90.5 cm³/mol. The summed E-state index contributed by atoms with van der Waals surface area (Å²) in [5.74, 6) is -0.0373. The Morgan fingerprint density at radius 3 is 2.33 bits per heavy atom. The van der Waals surface area contributed by atoms with Crippen LogP contribution in [-0.2, 0) is 22.5 Å². The standard InChI is InChI=1S/C18H20N2O4/c1-24-12-11-19(14-16-5-3-2-4-6-16)18(21)13-15-7-9-17(10-8-15)20(22)23/h2-10H,11-14H2,1H3. The number of nitro groups is 1. The topological polar surface area (TPSA) is 72.7 Å². The van der Waals surface area contributed by atoms with Crippen molar-refractivity contribution in [2.45, 2.75) is 13.0 Å². The lowest BCUT2D eigenvalue weighted by molar-refractivity contribution is -0.384. The number of hydrogen-bond donors (Lipinski definition) is 0. The van der Waals surface area contributed by atoms with E-state index in [0.717, 1.165) is 11.1 Å². The Balaban J connectivity index is 2.04. The van der Waals surface area contributed by atoms with Gasteiger partial charge in [0, 0.05) is 32.3 Å². The van der Waals surface area contributed by atoms with Crippen molar-refractivity contribution in [2.24, 2.45) is 0 Å². The fourth-order valence-electron chi connectivity index (χ4n) is 2.32. The molecule has 0 unspecified atom stereocenters. The van der Waals surface area contributed by atoms with E-state index in [4.69, 9.17) is 4.74 Å². The number of ether oxygens (including phenoxy) is 1. The van der Waals surface area contributed by atoms with Crippen LogP contribution in [0.15, 0.2) is 54.6 Å². The maximum atomic E-state index is 12.6. The van der Waals surface area contributed by atoms with E-state index >= 15 is 0 Å². The minimum atomic E-state index is -0.452. The summed E-state index contributed by atoms with van der Waals surface area (Å²) in [7, 11) is 1.60. The average Bonchev–Trinajstić information content (AvgIpc) is 2.60. The van der Waals surface area contributed by atoms with Crippen LogP contribution < -0.4 is 0 Å². The second-order valence-corrected chi connectivity index (χ2v) is 5.39. The van der Waals surface area contributed by atoms with E-state index in [9.17, 15) is 14.9 Å². The fourth-order valence-corrected chi connectivity index (χ4v) is 2.32. The van der Waals surface area contributed by atoms with Crippen molar-refractivity contribution in [1.29, 1.82) is 0 Å². The zero-order valence-electron chi connectivity index (χ0n) is 13.6. The molecule has 0 fully saturated rings. The van der Waals surface area contributed by atoms with Crippen LogP contribution in [0.3, 0.4) is 0 Å². The van der Waals surface area contributed by atoms with Crippen molar-refractivity contribution in [3.63, 3.8) is 0 Å². The molecule has 6 heteroatoms. The first-order valence-corrected chi connectivity index (χ1v) is 7.64. The lowest BCUT2D eigenvalue weighted by atomic mass is 10.1. The molecule has 2 aromatic carbocycles. The molecular weight excluding hydrogens is 308 g/mol. The molecule has 0 bridgehead atoms. The largest absolute Gasteiger partial charge is 0.383 e. The van der Waals surface area contributed by atoms with E-state index < -0.39 is 4.92 Å². The van der Waals surface area contributed by atoms with Gasteiger partial charge in [-0.3, -0.25) is 14.9 Å². The Morgan fingerprint density at radius 1 is 1.08 bits per heavy atom. The molecule has 24 heavy (non-hydrogen) atoms. The molecule has 0 radical (unpaired) electrons. The molecule has 0 atom stereocenters. The van der Waals surface area contributed by atoms with Gasteiger partial charge in [-0.25, -0.2) is 0 Å². The summed E-state index contributed by atoms with van der Waals surface area (Å²) in [6, 6.07) is 15.8. The average molecular weight is 328 g/mol. The summed E-state index contributed by atoms with van der Waals surface area (Å²) < 4.78 is 5.08. The van der Waals surface area contributed by atoms with Crippen LogP contribution in [0.4, 0.5) is 5.69 Å². The number of nitro benzene ring substituents is 1. The second kappa shape index (κ2) is 8.79. The van der Waals surface area contributed by atoms with Crippen molar-refractivity contribution < 1.29 is 14.5 Å². The first kappa shape index (κ1) is 17.6. The van der Waals surface area contributed by atoms with Gasteiger partial charge in [0.05, 0.1) is 18.0 Å². The predicted octanol–water partition coefficient (Wildman–Crippen LogP) is 2.81.